The van der Waals surface area contributed by atoms with Crippen molar-refractivity contribution in [2.24, 2.45) is 0 Å². The lowest BCUT2D eigenvalue weighted by Crippen LogP contribution is -2.12. The van der Waals surface area contributed by atoms with Gasteiger partial charge in [0.25, 0.3) is 0 Å². The number of aromatic hydroxyl groups is 1. The molecule has 0 saturated heterocycles. The largest absolute Gasteiger partial charge is 0.507 e. The summed E-state index contributed by atoms with van der Waals surface area (Å²) < 4.78 is 5.16. The molecule has 0 fully saturated rings. The monoisotopic (exact) mass is 242 g/mol. The fraction of sp³-hybridized carbons (Fsp3) is 0.417. The molecule has 0 aliphatic heterocycles. The van der Waals surface area contributed by atoms with Gasteiger partial charge < -0.3 is 9.84 Å². The molecule has 1 aromatic rings. The Morgan fingerprint density at radius 1 is 1.12 bits per heavy atom. The molecule has 0 saturated carbocycles. The molecule has 1 aromatic carbocycles. The number of ether oxygens (including phenoxy) is 1. The first-order valence-electron chi connectivity index (χ1n) is 4.96. The predicted octanol–water partition coefficient (Wildman–Crippen LogP) is 2.77. The Bertz CT molecular complexity index is 409. The van der Waals surface area contributed by atoms with Gasteiger partial charge in [-0.05, 0) is 49.9 Å². The van der Waals surface area contributed by atoms with Gasteiger partial charge in [-0.3, -0.25) is 4.79 Å². The molecule has 0 atom stereocenters. The van der Waals surface area contributed by atoms with E-state index in [-0.39, 0.29) is 11.6 Å². The van der Waals surface area contributed by atoms with E-state index in [1.165, 1.54) is 0 Å². The molecule has 4 heteroatoms. The minimum absolute atomic E-state index is 0.183. The number of hydrogen-bond acceptors (Lipinski definition) is 3. The number of carbonyl (C=O) groups is 1. The van der Waals surface area contributed by atoms with Crippen molar-refractivity contribution in [2.45, 2.75) is 27.7 Å². The van der Waals surface area contributed by atoms with Crippen LogP contribution < -0.4 is 4.74 Å². The van der Waals surface area contributed by atoms with Crippen LogP contribution in [0, 0.1) is 27.7 Å². The fourth-order valence-electron chi connectivity index (χ4n) is 1.55. The molecule has 1 rings (SSSR count). The summed E-state index contributed by atoms with van der Waals surface area (Å²) >= 11 is 5.39. The summed E-state index contributed by atoms with van der Waals surface area (Å²) in [5.74, 6) is 0.0779. The Kier molecular flexibility index (Phi) is 3.81. The minimum atomic E-state index is -0.489. The van der Waals surface area contributed by atoms with Gasteiger partial charge in [0.15, 0.2) is 0 Å². The second-order valence-corrected chi connectivity index (χ2v) is 4.05. The molecular formula is C12H15ClO3. The fourth-order valence-corrected chi connectivity index (χ4v) is 1.61. The van der Waals surface area contributed by atoms with Gasteiger partial charge in [0, 0.05) is 0 Å². The third-order valence-corrected chi connectivity index (χ3v) is 3.06. The minimum Gasteiger partial charge on any atom is -0.507 e. The molecule has 0 aromatic heterocycles. The first-order chi connectivity index (χ1) is 7.40. The topological polar surface area (TPSA) is 46.5 Å². The van der Waals surface area contributed by atoms with E-state index >= 15 is 0 Å². The number of benzene rings is 1. The van der Waals surface area contributed by atoms with Crippen molar-refractivity contribution in [3.8, 4) is 11.5 Å². The highest BCUT2D eigenvalue weighted by molar-refractivity contribution is 6.26. The number of rotatable bonds is 2. The van der Waals surface area contributed by atoms with Gasteiger partial charge in [-0.25, -0.2) is 0 Å². The lowest BCUT2D eigenvalue weighted by Gasteiger charge is -2.16. The van der Waals surface area contributed by atoms with Gasteiger partial charge >= 0.3 is 5.97 Å². The van der Waals surface area contributed by atoms with E-state index in [4.69, 9.17) is 16.3 Å². The molecule has 0 spiro atoms. The Labute approximate surface area is 100.0 Å². The normalized spacial score (nSPS) is 10.3. The van der Waals surface area contributed by atoms with Crippen molar-refractivity contribution in [1.29, 1.82) is 0 Å². The van der Waals surface area contributed by atoms with Crippen molar-refractivity contribution in [1.82, 2.24) is 0 Å². The predicted molar refractivity (Wildman–Crippen MR) is 63.4 cm³/mol. The first-order valence-corrected chi connectivity index (χ1v) is 5.49. The van der Waals surface area contributed by atoms with Crippen molar-refractivity contribution < 1.29 is 14.6 Å². The van der Waals surface area contributed by atoms with Crippen molar-refractivity contribution in [2.75, 3.05) is 5.88 Å². The molecule has 1 N–H and O–H groups in total. The van der Waals surface area contributed by atoms with E-state index in [1.807, 2.05) is 0 Å². The van der Waals surface area contributed by atoms with Crippen LogP contribution in [0.1, 0.15) is 22.3 Å². The highest BCUT2D eigenvalue weighted by Gasteiger charge is 2.17. The summed E-state index contributed by atoms with van der Waals surface area (Å²) in [7, 11) is 0. The zero-order valence-electron chi connectivity index (χ0n) is 9.85. The maximum absolute atomic E-state index is 11.2. The Hall–Kier alpha value is -1.22. The molecule has 16 heavy (non-hydrogen) atoms. The highest BCUT2D eigenvalue weighted by Crippen LogP contribution is 2.36. The summed E-state index contributed by atoms with van der Waals surface area (Å²) in [6, 6.07) is 0. The van der Waals surface area contributed by atoms with Crippen LogP contribution in [0.4, 0.5) is 0 Å². The van der Waals surface area contributed by atoms with Gasteiger partial charge in [-0.2, -0.15) is 0 Å². The van der Waals surface area contributed by atoms with Crippen LogP contribution in [-0.2, 0) is 4.79 Å². The molecule has 0 heterocycles. The third kappa shape index (κ3) is 2.14. The number of esters is 1. The summed E-state index contributed by atoms with van der Waals surface area (Å²) in [5, 5.41) is 9.82. The number of carbonyl (C=O) groups excluding carboxylic acids is 1. The van der Waals surface area contributed by atoms with Gasteiger partial charge in [-0.1, -0.05) is 0 Å². The third-order valence-electron chi connectivity index (χ3n) is 2.84. The average molecular weight is 243 g/mol. The molecule has 0 aliphatic rings. The lowest BCUT2D eigenvalue weighted by atomic mass is 9.98. The van der Waals surface area contributed by atoms with Crippen LogP contribution in [0.2, 0.25) is 0 Å². The average Bonchev–Trinajstić information content (AvgIpc) is 2.29. The highest BCUT2D eigenvalue weighted by atomic mass is 35.5. The number of phenols is 1. The number of phenolic OH excluding ortho intramolecular Hbond substituents is 1. The van der Waals surface area contributed by atoms with Crippen LogP contribution in [0.25, 0.3) is 0 Å². The van der Waals surface area contributed by atoms with E-state index in [9.17, 15) is 9.90 Å². The summed E-state index contributed by atoms with van der Waals surface area (Å²) in [6.07, 6.45) is 0. The van der Waals surface area contributed by atoms with E-state index in [2.05, 4.69) is 0 Å². The Balaban J connectivity index is 3.34. The van der Waals surface area contributed by atoms with Crippen molar-refractivity contribution in [3.63, 3.8) is 0 Å². The number of alkyl halides is 1. The van der Waals surface area contributed by atoms with Gasteiger partial charge in [0.1, 0.15) is 17.4 Å². The van der Waals surface area contributed by atoms with Crippen LogP contribution >= 0.6 is 11.6 Å². The molecule has 88 valence electrons. The molecule has 0 aliphatic carbocycles. The van der Waals surface area contributed by atoms with Crippen LogP contribution in [0.3, 0.4) is 0 Å². The smallest absolute Gasteiger partial charge is 0.326 e. The molecule has 0 unspecified atom stereocenters. The van der Waals surface area contributed by atoms with Crippen molar-refractivity contribution in [3.05, 3.63) is 22.3 Å². The number of hydrogen-bond donors (Lipinski definition) is 1. The molecule has 0 bridgehead atoms. The standard InChI is InChI=1S/C12H15ClO3/c1-6-8(3)12(16-10(14)5-13)9(4)7(2)11(6)15/h15H,5H2,1-4H3. The van der Waals surface area contributed by atoms with E-state index < -0.39 is 5.97 Å². The second kappa shape index (κ2) is 4.74. The maximum Gasteiger partial charge on any atom is 0.326 e. The van der Waals surface area contributed by atoms with Crippen LogP contribution in [-0.4, -0.2) is 17.0 Å². The summed E-state index contributed by atoms with van der Waals surface area (Å²) in [5.41, 5.74) is 2.97. The molecule has 0 amide bonds. The van der Waals surface area contributed by atoms with Gasteiger partial charge in [-0.15, -0.1) is 11.6 Å². The SMILES string of the molecule is Cc1c(C)c(OC(=O)CCl)c(C)c(C)c1O. The van der Waals surface area contributed by atoms with Gasteiger partial charge in [0.2, 0.25) is 0 Å². The van der Waals surface area contributed by atoms with Gasteiger partial charge in [0.05, 0.1) is 0 Å². The Morgan fingerprint density at radius 2 is 1.56 bits per heavy atom. The van der Waals surface area contributed by atoms with Crippen molar-refractivity contribution >= 4 is 17.6 Å². The molecule has 3 nitrogen and oxygen atoms in total. The molecule has 0 radical (unpaired) electrons. The Morgan fingerprint density at radius 3 is 1.94 bits per heavy atom. The molecular weight excluding hydrogens is 228 g/mol. The van der Waals surface area contributed by atoms with Crippen LogP contribution in [0.5, 0.6) is 11.5 Å². The van der Waals surface area contributed by atoms with E-state index in [0.717, 1.165) is 22.3 Å². The zero-order valence-corrected chi connectivity index (χ0v) is 10.6. The number of halogens is 1. The summed E-state index contributed by atoms with van der Waals surface area (Å²) in [6.45, 7) is 7.18. The second-order valence-electron chi connectivity index (χ2n) is 3.79. The lowest BCUT2D eigenvalue weighted by molar-refractivity contribution is -0.131. The summed E-state index contributed by atoms with van der Waals surface area (Å²) in [4.78, 5) is 11.2. The van der Waals surface area contributed by atoms with Crippen LogP contribution in [0.15, 0.2) is 0 Å². The van der Waals surface area contributed by atoms with E-state index in [1.54, 1.807) is 27.7 Å². The quantitative estimate of drug-likeness (QED) is 0.493. The maximum atomic E-state index is 11.2. The van der Waals surface area contributed by atoms with E-state index in [0.29, 0.717) is 5.75 Å². The first kappa shape index (κ1) is 12.8. The zero-order chi connectivity index (χ0) is 12.5.